The molecular weight excluding hydrogens is 315 g/mol. The summed E-state index contributed by atoms with van der Waals surface area (Å²) in [4.78, 5) is 6.69. The van der Waals surface area contributed by atoms with E-state index in [4.69, 9.17) is 16.3 Å². The Kier molecular flexibility index (Phi) is 5.24. The number of thioether (sulfide) groups is 1. The first-order valence-electron chi connectivity index (χ1n) is 6.41. The summed E-state index contributed by atoms with van der Waals surface area (Å²) in [6.07, 6.45) is 0.980. The van der Waals surface area contributed by atoms with E-state index in [0.717, 1.165) is 36.0 Å². The van der Waals surface area contributed by atoms with E-state index < -0.39 is 0 Å². The zero-order chi connectivity index (χ0) is 13.2. The lowest BCUT2D eigenvalue weighted by Gasteiger charge is -2.17. The van der Waals surface area contributed by atoms with Gasteiger partial charge in [0, 0.05) is 17.5 Å². The van der Waals surface area contributed by atoms with Crippen LogP contribution < -0.4 is 4.74 Å². The molecule has 0 atom stereocenters. The summed E-state index contributed by atoms with van der Waals surface area (Å²) in [7, 11) is 0. The lowest BCUT2D eigenvalue weighted by Crippen LogP contribution is -2.19. The molecule has 2 aliphatic rings. The minimum atomic E-state index is 0. The second-order valence-corrected chi connectivity index (χ2v) is 5.67. The van der Waals surface area contributed by atoms with Crippen molar-refractivity contribution in [2.45, 2.75) is 13.3 Å². The third kappa shape index (κ3) is 2.92. The third-order valence-corrected chi connectivity index (χ3v) is 4.25. The highest BCUT2D eigenvalue weighted by atomic mass is 35.5. The molecular formula is C14H16Cl2N2OS. The lowest BCUT2D eigenvalue weighted by molar-refractivity contribution is 0.317. The van der Waals surface area contributed by atoms with Gasteiger partial charge in [-0.3, -0.25) is 4.99 Å². The fraction of sp³-hybridized carbons (Fsp3) is 0.357. The van der Waals surface area contributed by atoms with Crippen LogP contribution in [0.5, 0.6) is 5.75 Å². The molecule has 0 amide bonds. The Balaban J connectivity index is 0.00000147. The molecule has 1 aromatic carbocycles. The molecule has 0 saturated heterocycles. The average molecular weight is 331 g/mol. The first-order valence-corrected chi connectivity index (χ1v) is 7.67. The van der Waals surface area contributed by atoms with Crippen molar-refractivity contribution < 1.29 is 4.74 Å². The molecule has 0 fully saturated rings. The first-order chi connectivity index (χ1) is 9.29. The van der Waals surface area contributed by atoms with Gasteiger partial charge in [0.2, 0.25) is 0 Å². The Morgan fingerprint density at radius 2 is 2.30 bits per heavy atom. The summed E-state index contributed by atoms with van der Waals surface area (Å²) in [6, 6.07) is 5.98. The highest BCUT2D eigenvalue weighted by molar-refractivity contribution is 8.16. The van der Waals surface area contributed by atoms with Crippen LogP contribution in [0.3, 0.4) is 0 Å². The average Bonchev–Trinajstić information content (AvgIpc) is 2.99. The summed E-state index contributed by atoms with van der Waals surface area (Å²) in [5.41, 5.74) is 2.30. The minimum absolute atomic E-state index is 0. The summed E-state index contributed by atoms with van der Waals surface area (Å²) < 4.78 is 5.60. The fourth-order valence-electron chi connectivity index (χ4n) is 2.14. The standard InChI is InChI=1S/C14H15ClN2OS.ClH/c1-2-7-18-13-4-3-10(8-11(13)15)12-9-19-14-16-5-6-17(12)14;/h3-4,8-9H,2,5-7H2,1H3;1H. The maximum atomic E-state index is 6.28. The summed E-state index contributed by atoms with van der Waals surface area (Å²) in [6.45, 7) is 4.61. The molecule has 0 aromatic heterocycles. The van der Waals surface area contributed by atoms with Crippen molar-refractivity contribution in [2.75, 3.05) is 19.7 Å². The van der Waals surface area contributed by atoms with Gasteiger partial charge in [0.25, 0.3) is 0 Å². The Bertz CT molecular complexity index is 560. The third-order valence-electron chi connectivity index (χ3n) is 3.06. The Morgan fingerprint density at radius 3 is 3.05 bits per heavy atom. The van der Waals surface area contributed by atoms with E-state index in [1.165, 1.54) is 5.70 Å². The van der Waals surface area contributed by atoms with Gasteiger partial charge in [-0.05, 0) is 24.6 Å². The summed E-state index contributed by atoms with van der Waals surface area (Å²) in [5, 5.41) is 3.90. The predicted molar refractivity (Wildman–Crippen MR) is 89.1 cm³/mol. The van der Waals surface area contributed by atoms with Crippen LogP contribution >= 0.6 is 35.8 Å². The van der Waals surface area contributed by atoms with Crippen molar-refractivity contribution in [2.24, 2.45) is 4.99 Å². The highest BCUT2D eigenvalue weighted by Gasteiger charge is 2.27. The van der Waals surface area contributed by atoms with Crippen molar-refractivity contribution in [3.8, 4) is 5.75 Å². The number of benzene rings is 1. The molecule has 6 heteroatoms. The van der Waals surface area contributed by atoms with Crippen LogP contribution in [-0.4, -0.2) is 29.8 Å². The van der Waals surface area contributed by atoms with Crippen molar-refractivity contribution in [1.82, 2.24) is 4.90 Å². The highest BCUT2D eigenvalue weighted by Crippen LogP contribution is 2.37. The van der Waals surface area contributed by atoms with E-state index in [-0.39, 0.29) is 12.4 Å². The number of amidine groups is 1. The van der Waals surface area contributed by atoms with Crippen LogP contribution in [0.15, 0.2) is 28.6 Å². The largest absolute Gasteiger partial charge is 0.492 e. The Morgan fingerprint density at radius 1 is 1.45 bits per heavy atom. The molecule has 0 unspecified atom stereocenters. The number of nitrogens with zero attached hydrogens (tertiary/aromatic N) is 2. The Hall–Kier alpha value is -0.840. The van der Waals surface area contributed by atoms with Gasteiger partial charge < -0.3 is 9.64 Å². The topological polar surface area (TPSA) is 24.8 Å². The number of halogens is 2. The molecule has 0 spiro atoms. The monoisotopic (exact) mass is 330 g/mol. The van der Waals surface area contributed by atoms with Gasteiger partial charge in [-0.25, -0.2) is 0 Å². The molecule has 0 radical (unpaired) electrons. The fourth-order valence-corrected chi connectivity index (χ4v) is 3.33. The van der Waals surface area contributed by atoms with Gasteiger partial charge >= 0.3 is 0 Å². The van der Waals surface area contributed by atoms with Crippen LogP contribution in [0.4, 0.5) is 0 Å². The SMILES string of the molecule is CCCOc1ccc(C2=CSC3=NCCN23)cc1Cl.Cl. The molecule has 3 rings (SSSR count). The van der Waals surface area contributed by atoms with Gasteiger partial charge in [-0.2, -0.15) is 0 Å². The summed E-state index contributed by atoms with van der Waals surface area (Å²) >= 11 is 7.96. The van der Waals surface area contributed by atoms with Crippen molar-refractivity contribution in [1.29, 1.82) is 0 Å². The van der Waals surface area contributed by atoms with Crippen molar-refractivity contribution >= 4 is 46.6 Å². The van der Waals surface area contributed by atoms with Crippen LogP contribution in [0, 0.1) is 0 Å². The quantitative estimate of drug-likeness (QED) is 0.824. The van der Waals surface area contributed by atoms with Crippen LogP contribution in [0.25, 0.3) is 5.70 Å². The van der Waals surface area contributed by atoms with Gasteiger partial charge in [0.1, 0.15) is 5.75 Å². The number of hydrogen-bond donors (Lipinski definition) is 0. The normalized spacial score (nSPS) is 16.4. The number of aliphatic imine (C=N–C) groups is 1. The lowest BCUT2D eigenvalue weighted by atomic mass is 10.1. The number of hydrogen-bond acceptors (Lipinski definition) is 4. The number of rotatable bonds is 4. The maximum absolute atomic E-state index is 6.28. The van der Waals surface area contributed by atoms with Crippen molar-refractivity contribution in [3.63, 3.8) is 0 Å². The number of ether oxygens (including phenoxy) is 1. The molecule has 2 aliphatic heterocycles. The van der Waals surface area contributed by atoms with Crippen molar-refractivity contribution in [3.05, 3.63) is 34.2 Å². The molecule has 0 saturated carbocycles. The van der Waals surface area contributed by atoms with E-state index in [1.54, 1.807) is 11.8 Å². The van der Waals surface area contributed by atoms with Crippen LogP contribution in [0.1, 0.15) is 18.9 Å². The summed E-state index contributed by atoms with van der Waals surface area (Å²) in [5.74, 6) is 0.758. The van der Waals surface area contributed by atoms with Crippen LogP contribution in [0.2, 0.25) is 5.02 Å². The molecule has 108 valence electrons. The number of fused-ring (bicyclic) bond motifs is 1. The zero-order valence-corrected chi connectivity index (χ0v) is 13.5. The van der Waals surface area contributed by atoms with E-state index in [0.29, 0.717) is 11.6 Å². The van der Waals surface area contributed by atoms with Crippen LogP contribution in [-0.2, 0) is 0 Å². The molecule has 0 bridgehead atoms. The molecule has 0 N–H and O–H groups in total. The zero-order valence-electron chi connectivity index (χ0n) is 11.1. The maximum Gasteiger partial charge on any atom is 0.168 e. The Labute approximate surface area is 134 Å². The van der Waals surface area contributed by atoms with Gasteiger partial charge in [-0.1, -0.05) is 30.3 Å². The minimum Gasteiger partial charge on any atom is -0.492 e. The van der Waals surface area contributed by atoms with Gasteiger partial charge in [0.05, 0.1) is 23.9 Å². The second kappa shape index (κ2) is 6.74. The van der Waals surface area contributed by atoms with E-state index in [2.05, 4.69) is 28.3 Å². The molecule has 0 aliphatic carbocycles. The van der Waals surface area contributed by atoms with Gasteiger partial charge in [0.15, 0.2) is 5.17 Å². The smallest absolute Gasteiger partial charge is 0.168 e. The second-order valence-electron chi connectivity index (χ2n) is 4.43. The first kappa shape index (κ1) is 15.5. The molecule has 1 aromatic rings. The van der Waals surface area contributed by atoms with E-state index >= 15 is 0 Å². The van der Waals surface area contributed by atoms with E-state index in [1.807, 2.05) is 12.1 Å². The van der Waals surface area contributed by atoms with Gasteiger partial charge in [-0.15, -0.1) is 12.4 Å². The molecule has 20 heavy (non-hydrogen) atoms. The van der Waals surface area contributed by atoms with E-state index in [9.17, 15) is 0 Å². The molecule has 3 nitrogen and oxygen atoms in total. The molecule has 2 heterocycles. The predicted octanol–water partition coefficient (Wildman–Crippen LogP) is 4.27.